The second-order valence-electron chi connectivity index (χ2n) is 4.51. The van der Waals surface area contributed by atoms with Crippen molar-refractivity contribution in [1.29, 1.82) is 0 Å². The Morgan fingerprint density at radius 3 is 2.09 bits per heavy atom. The average molecular weight is 345 g/mol. The van der Waals surface area contributed by atoms with Crippen molar-refractivity contribution in [3.05, 3.63) is 10.1 Å². The summed E-state index contributed by atoms with van der Waals surface area (Å²) in [5.74, 6) is -21.8. The summed E-state index contributed by atoms with van der Waals surface area (Å²) in [5, 5.41) is 10.2. The summed E-state index contributed by atoms with van der Waals surface area (Å²) < 4.78 is 104. The van der Waals surface area contributed by atoms with Crippen LogP contribution in [0.5, 0.6) is 0 Å². The molecule has 128 valence electrons. The van der Waals surface area contributed by atoms with Gasteiger partial charge in [0.2, 0.25) is 6.04 Å². The molecule has 0 aliphatic heterocycles. The molecule has 22 heavy (non-hydrogen) atoms. The van der Waals surface area contributed by atoms with Crippen molar-refractivity contribution < 1.29 is 49.6 Å². The number of rotatable bonds is 7. The molecule has 13 heteroatoms. The van der Waals surface area contributed by atoms with Gasteiger partial charge in [-0.25, -0.2) is 8.78 Å². The lowest BCUT2D eigenvalue weighted by Crippen LogP contribution is -2.59. The molecule has 2 atom stereocenters. The summed E-state index contributed by atoms with van der Waals surface area (Å²) in [7, 11) is 0. The number of hydrogen-bond donors (Lipinski definition) is 0. The van der Waals surface area contributed by atoms with Crippen LogP contribution in [0.1, 0.15) is 6.42 Å². The predicted octanol–water partition coefficient (Wildman–Crippen LogP) is 2.37. The van der Waals surface area contributed by atoms with E-state index in [-0.39, 0.29) is 6.42 Å². The van der Waals surface area contributed by atoms with Gasteiger partial charge in [0.05, 0.1) is 0 Å². The second-order valence-corrected chi connectivity index (χ2v) is 4.51. The van der Waals surface area contributed by atoms with Crippen LogP contribution in [0.4, 0.5) is 35.1 Å². The van der Waals surface area contributed by atoms with Crippen LogP contribution in [-0.2, 0) is 9.53 Å². The number of carbonyl (C=O) groups excluding carboxylic acids is 1. The topological polar surface area (TPSA) is 69.4 Å². The van der Waals surface area contributed by atoms with Crippen LogP contribution >= 0.6 is 0 Å². The molecule has 0 saturated heterocycles. The van der Waals surface area contributed by atoms with Gasteiger partial charge in [-0.1, -0.05) is 0 Å². The van der Waals surface area contributed by atoms with E-state index in [9.17, 15) is 50.0 Å². The highest BCUT2D eigenvalue weighted by molar-refractivity contribution is 5.76. The summed E-state index contributed by atoms with van der Waals surface area (Å²) in [6.07, 6.45) is -5.47. The van der Waals surface area contributed by atoms with Gasteiger partial charge in [-0.15, -0.1) is 0 Å². The van der Waals surface area contributed by atoms with Gasteiger partial charge in [-0.05, 0) is 0 Å². The first-order valence-corrected chi connectivity index (χ1v) is 5.47. The Morgan fingerprint density at radius 1 is 1.23 bits per heavy atom. The summed E-state index contributed by atoms with van der Waals surface area (Å²) in [6, 6.07) is -1.44. The Kier molecular flexibility index (Phi) is 4.59. The third kappa shape index (κ3) is 3.06. The molecule has 1 aliphatic carbocycles. The SMILES string of the molecule is O=C(OCC(F)(F)C(F)(F)C(F)(F)C(F)F)[C@H]1C[C@@H]1[N+](=O)[O-]. The van der Waals surface area contributed by atoms with E-state index in [2.05, 4.69) is 4.74 Å². The fraction of sp³-hybridized carbons (Fsp3) is 0.889. The molecule has 0 aromatic rings. The predicted molar refractivity (Wildman–Crippen MR) is 50.7 cm³/mol. The number of ether oxygens (including phenoxy) is 1. The van der Waals surface area contributed by atoms with Crippen LogP contribution in [0.15, 0.2) is 0 Å². The Balaban J connectivity index is 2.71. The summed E-state index contributed by atoms with van der Waals surface area (Å²) in [5.41, 5.74) is 0. The van der Waals surface area contributed by atoms with E-state index in [4.69, 9.17) is 0 Å². The minimum atomic E-state index is -6.49. The van der Waals surface area contributed by atoms with E-state index in [1.54, 1.807) is 0 Å². The van der Waals surface area contributed by atoms with E-state index in [1.807, 2.05) is 0 Å². The zero-order valence-corrected chi connectivity index (χ0v) is 10.3. The molecule has 1 saturated carbocycles. The van der Waals surface area contributed by atoms with Gasteiger partial charge in [0, 0.05) is 11.3 Å². The van der Waals surface area contributed by atoms with Gasteiger partial charge < -0.3 is 4.74 Å². The quantitative estimate of drug-likeness (QED) is 0.307. The fourth-order valence-corrected chi connectivity index (χ4v) is 1.41. The van der Waals surface area contributed by atoms with Crippen molar-refractivity contribution in [1.82, 2.24) is 0 Å². The number of nitro groups is 1. The Morgan fingerprint density at radius 2 is 1.73 bits per heavy atom. The monoisotopic (exact) mass is 345 g/mol. The fourth-order valence-electron chi connectivity index (χ4n) is 1.41. The number of esters is 1. The van der Waals surface area contributed by atoms with Crippen LogP contribution in [0.3, 0.4) is 0 Å². The van der Waals surface area contributed by atoms with E-state index >= 15 is 0 Å². The van der Waals surface area contributed by atoms with Crippen LogP contribution in [0.2, 0.25) is 0 Å². The normalized spacial score (nSPS) is 22.6. The maximum Gasteiger partial charge on any atom is 0.381 e. The molecule has 1 fully saturated rings. The minimum Gasteiger partial charge on any atom is -0.459 e. The Bertz CT molecular complexity index is 469. The lowest BCUT2D eigenvalue weighted by Gasteiger charge is -2.31. The van der Waals surface area contributed by atoms with Crippen molar-refractivity contribution in [2.75, 3.05) is 6.61 Å². The van der Waals surface area contributed by atoms with Crippen molar-refractivity contribution in [3.8, 4) is 0 Å². The van der Waals surface area contributed by atoms with Gasteiger partial charge in [0.15, 0.2) is 6.61 Å². The lowest BCUT2D eigenvalue weighted by atomic mass is 10.1. The van der Waals surface area contributed by atoms with Crippen LogP contribution < -0.4 is 0 Å². The van der Waals surface area contributed by atoms with E-state index in [0.717, 1.165) is 0 Å². The maximum absolute atomic E-state index is 13.0. The minimum absolute atomic E-state index is 0.388. The van der Waals surface area contributed by atoms with E-state index < -0.39 is 53.7 Å². The highest BCUT2D eigenvalue weighted by atomic mass is 19.4. The molecule has 0 unspecified atom stereocenters. The molecular formula is C9H7F8NO4. The van der Waals surface area contributed by atoms with Crippen molar-refractivity contribution in [2.45, 2.75) is 36.7 Å². The molecule has 1 rings (SSSR count). The zero-order chi connectivity index (χ0) is 17.5. The molecule has 5 nitrogen and oxygen atoms in total. The molecule has 0 bridgehead atoms. The molecule has 0 aromatic carbocycles. The zero-order valence-electron chi connectivity index (χ0n) is 10.3. The van der Waals surface area contributed by atoms with Gasteiger partial charge in [0.1, 0.15) is 5.92 Å². The van der Waals surface area contributed by atoms with Crippen molar-refractivity contribution in [2.24, 2.45) is 5.92 Å². The van der Waals surface area contributed by atoms with Gasteiger partial charge in [-0.3, -0.25) is 14.9 Å². The van der Waals surface area contributed by atoms with E-state index in [0.29, 0.717) is 0 Å². The number of halogens is 8. The summed E-state index contributed by atoms with van der Waals surface area (Å²) in [4.78, 5) is 20.3. The third-order valence-electron chi connectivity index (χ3n) is 2.88. The van der Waals surface area contributed by atoms with Crippen LogP contribution in [-0.4, -0.2) is 47.7 Å². The molecular weight excluding hydrogens is 338 g/mol. The molecule has 0 aromatic heterocycles. The van der Waals surface area contributed by atoms with Gasteiger partial charge >= 0.3 is 30.2 Å². The standard InChI is InChI=1S/C9H7F8NO4/c10-6(11)8(14,15)9(16,17)7(12,13)2-22-5(19)3-1-4(3)18(20)21/h3-4,6H,1-2H2/t3-,4-/m0/s1. The molecule has 0 amide bonds. The lowest BCUT2D eigenvalue weighted by molar-refractivity contribution is -0.497. The van der Waals surface area contributed by atoms with Crippen molar-refractivity contribution >= 4 is 5.97 Å². The van der Waals surface area contributed by atoms with Gasteiger partial charge in [0.25, 0.3) is 0 Å². The molecule has 0 N–H and O–H groups in total. The van der Waals surface area contributed by atoms with Crippen molar-refractivity contribution in [3.63, 3.8) is 0 Å². The molecule has 1 aliphatic rings. The maximum atomic E-state index is 13.0. The number of nitrogens with zero attached hydrogens (tertiary/aromatic N) is 1. The van der Waals surface area contributed by atoms with Crippen LogP contribution in [0, 0.1) is 16.0 Å². The Labute approximate surface area is 116 Å². The smallest absolute Gasteiger partial charge is 0.381 e. The van der Waals surface area contributed by atoms with Crippen LogP contribution in [0.25, 0.3) is 0 Å². The van der Waals surface area contributed by atoms with E-state index in [1.165, 1.54) is 0 Å². The van der Waals surface area contributed by atoms with Gasteiger partial charge in [-0.2, -0.15) is 26.3 Å². The first kappa shape index (κ1) is 18.4. The highest BCUT2D eigenvalue weighted by Gasteiger charge is 2.75. The molecule has 0 radical (unpaired) electrons. The third-order valence-corrected chi connectivity index (χ3v) is 2.88. The molecule has 0 spiro atoms. The summed E-state index contributed by atoms with van der Waals surface area (Å²) >= 11 is 0. The summed E-state index contributed by atoms with van der Waals surface area (Å²) in [6.45, 7) is -2.61. The second kappa shape index (κ2) is 5.50. The average Bonchev–Trinajstić information content (AvgIpc) is 3.15. The first-order valence-electron chi connectivity index (χ1n) is 5.47. The largest absolute Gasteiger partial charge is 0.459 e. The highest BCUT2D eigenvalue weighted by Crippen LogP contribution is 2.48. The first-order chi connectivity index (χ1) is 9.75. The molecule has 0 heterocycles. The number of alkyl halides is 8. The number of hydrogen-bond acceptors (Lipinski definition) is 4. The Hall–Kier alpha value is -1.69. The number of carbonyl (C=O) groups is 1.